The molecule has 0 unspecified atom stereocenters. The topological polar surface area (TPSA) is 49.4 Å². The van der Waals surface area contributed by atoms with Crippen LogP contribution in [0.25, 0.3) is 0 Å². The van der Waals surface area contributed by atoms with E-state index in [1.807, 2.05) is 35.2 Å². The number of nitrogens with one attached hydrogen (secondary N) is 1. The summed E-state index contributed by atoms with van der Waals surface area (Å²) in [5.74, 6) is 0.231. The van der Waals surface area contributed by atoms with Crippen molar-refractivity contribution in [3.63, 3.8) is 0 Å². The summed E-state index contributed by atoms with van der Waals surface area (Å²) in [4.78, 5) is 26.9. The average molecular weight is 364 g/mol. The predicted octanol–water partition coefficient (Wildman–Crippen LogP) is 4.11. The summed E-state index contributed by atoms with van der Waals surface area (Å²) in [6.07, 6.45) is 2.77. The largest absolute Gasteiger partial charge is 0.343 e. The molecule has 4 heteroatoms. The molecule has 0 radical (unpaired) electrons. The predicted molar refractivity (Wildman–Crippen MR) is 109 cm³/mol. The smallest absolute Gasteiger partial charge is 0.227 e. The molecule has 27 heavy (non-hydrogen) atoms. The first-order chi connectivity index (χ1) is 13.0. The van der Waals surface area contributed by atoms with Crippen molar-refractivity contribution in [3.05, 3.63) is 65.2 Å². The van der Waals surface area contributed by atoms with Gasteiger partial charge in [0.05, 0.1) is 0 Å². The van der Waals surface area contributed by atoms with Gasteiger partial charge in [-0.05, 0) is 56.4 Å². The number of piperidine rings is 1. The maximum atomic E-state index is 12.5. The molecule has 1 saturated heterocycles. The molecular formula is C23H28N2O2. The number of hydrogen-bond acceptors (Lipinski definition) is 2. The summed E-state index contributed by atoms with van der Waals surface area (Å²) >= 11 is 0. The van der Waals surface area contributed by atoms with E-state index in [4.69, 9.17) is 0 Å². The number of nitrogens with zero attached hydrogens (tertiary/aromatic N) is 1. The Balaban J connectivity index is 1.45. The van der Waals surface area contributed by atoms with Crippen LogP contribution in [-0.4, -0.2) is 29.8 Å². The Morgan fingerprint density at radius 3 is 2.41 bits per heavy atom. The number of carbonyl (C=O) groups excluding carboxylic acids is 2. The fourth-order valence-corrected chi connectivity index (χ4v) is 3.68. The van der Waals surface area contributed by atoms with Gasteiger partial charge < -0.3 is 10.2 Å². The Morgan fingerprint density at radius 1 is 1.04 bits per heavy atom. The lowest BCUT2D eigenvalue weighted by atomic mass is 9.95. The molecule has 3 rings (SSSR count). The van der Waals surface area contributed by atoms with Crippen molar-refractivity contribution in [2.75, 3.05) is 18.4 Å². The van der Waals surface area contributed by atoms with E-state index in [0.29, 0.717) is 19.5 Å². The molecule has 2 aromatic rings. The summed E-state index contributed by atoms with van der Waals surface area (Å²) in [6.45, 7) is 5.51. The van der Waals surface area contributed by atoms with Gasteiger partial charge in [-0.25, -0.2) is 0 Å². The molecule has 0 aromatic heterocycles. The molecule has 4 nitrogen and oxygen atoms in total. The lowest BCUT2D eigenvalue weighted by Crippen LogP contribution is -2.41. The summed E-state index contributed by atoms with van der Waals surface area (Å²) < 4.78 is 0. The van der Waals surface area contributed by atoms with Crippen molar-refractivity contribution < 1.29 is 9.59 Å². The maximum absolute atomic E-state index is 12.5. The molecular weight excluding hydrogens is 336 g/mol. The van der Waals surface area contributed by atoms with Gasteiger partial charge in [-0.3, -0.25) is 9.59 Å². The van der Waals surface area contributed by atoms with Crippen molar-refractivity contribution in [3.8, 4) is 0 Å². The lowest BCUT2D eigenvalue weighted by Gasteiger charge is -2.31. The van der Waals surface area contributed by atoms with Gasteiger partial charge in [0.15, 0.2) is 0 Å². The van der Waals surface area contributed by atoms with Gasteiger partial charge in [0.2, 0.25) is 11.8 Å². The summed E-state index contributed by atoms with van der Waals surface area (Å²) in [6, 6.07) is 15.9. The number of carbonyl (C=O) groups is 2. The van der Waals surface area contributed by atoms with Gasteiger partial charge in [0.25, 0.3) is 0 Å². The van der Waals surface area contributed by atoms with Crippen molar-refractivity contribution in [2.24, 2.45) is 5.92 Å². The first kappa shape index (κ1) is 19.2. The van der Waals surface area contributed by atoms with Crippen LogP contribution in [0.3, 0.4) is 0 Å². The molecule has 1 aliphatic heterocycles. The number of anilines is 1. The highest BCUT2D eigenvalue weighted by molar-refractivity contribution is 5.92. The third-order valence-corrected chi connectivity index (χ3v) is 5.37. The number of amides is 2. The lowest BCUT2D eigenvalue weighted by molar-refractivity contribution is -0.134. The van der Waals surface area contributed by atoms with Crippen LogP contribution in [0.2, 0.25) is 0 Å². The van der Waals surface area contributed by atoms with Crippen LogP contribution in [0.4, 0.5) is 5.69 Å². The van der Waals surface area contributed by atoms with Crippen molar-refractivity contribution >= 4 is 17.5 Å². The highest BCUT2D eigenvalue weighted by Crippen LogP contribution is 2.21. The highest BCUT2D eigenvalue weighted by atomic mass is 16.2. The van der Waals surface area contributed by atoms with E-state index in [0.717, 1.165) is 24.9 Å². The standard InChI is InChI=1S/C23H28N2O2/c1-17-8-9-19(18(2)16-17)10-11-22(26)25-14-12-20(13-15-25)23(27)24-21-6-4-3-5-7-21/h3-9,16,20H,10-15H2,1-2H3,(H,24,27). The monoisotopic (exact) mass is 364 g/mol. The van der Waals surface area contributed by atoms with E-state index in [1.165, 1.54) is 16.7 Å². The Hall–Kier alpha value is -2.62. The van der Waals surface area contributed by atoms with E-state index in [9.17, 15) is 9.59 Å². The first-order valence-electron chi connectivity index (χ1n) is 9.73. The van der Waals surface area contributed by atoms with Crippen LogP contribution in [0.15, 0.2) is 48.5 Å². The van der Waals surface area contributed by atoms with Crippen LogP contribution >= 0.6 is 0 Å². The minimum atomic E-state index is -0.0198. The Morgan fingerprint density at radius 2 is 1.74 bits per heavy atom. The zero-order valence-corrected chi connectivity index (χ0v) is 16.2. The zero-order valence-electron chi connectivity index (χ0n) is 16.2. The molecule has 1 fully saturated rings. The summed E-state index contributed by atoms with van der Waals surface area (Å²) in [5, 5.41) is 2.97. The average Bonchev–Trinajstić information content (AvgIpc) is 2.68. The fraction of sp³-hybridized carbons (Fsp3) is 0.391. The number of para-hydroxylation sites is 1. The Labute approximate surface area is 161 Å². The molecule has 0 bridgehead atoms. The van der Waals surface area contributed by atoms with Crippen molar-refractivity contribution in [2.45, 2.75) is 39.5 Å². The quantitative estimate of drug-likeness (QED) is 0.868. The molecule has 142 valence electrons. The van der Waals surface area contributed by atoms with Crippen LogP contribution < -0.4 is 5.32 Å². The van der Waals surface area contributed by atoms with Crippen LogP contribution in [0, 0.1) is 19.8 Å². The van der Waals surface area contributed by atoms with E-state index in [-0.39, 0.29) is 17.7 Å². The molecule has 2 aromatic carbocycles. The van der Waals surface area contributed by atoms with E-state index in [2.05, 4.69) is 37.4 Å². The van der Waals surface area contributed by atoms with Crippen LogP contribution in [-0.2, 0) is 16.0 Å². The second-order valence-corrected chi connectivity index (χ2v) is 7.44. The molecule has 0 saturated carbocycles. The van der Waals surface area contributed by atoms with Gasteiger partial charge >= 0.3 is 0 Å². The summed E-state index contributed by atoms with van der Waals surface area (Å²) in [5.41, 5.74) is 4.57. The molecule has 0 aliphatic carbocycles. The number of benzene rings is 2. The van der Waals surface area contributed by atoms with Gasteiger partial charge in [0, 0.05) is 31.1 Å². The Kier molecular flexibility index (Phi) is 6.28. The van der Waals surface area contributed by atoms with Gasteiger partial charge in [-0.2, -0.15) is 0 Å². The Bertz CT molecular complexity index is 793. The van der Waals surface area contributed by atoms with Crippen LogP contribution in [0.5, 0.6) is 0 Å². The number of hydrogen-bond donors (Lipinski definition) is 1. The molecule has 1 heterocycles. The van der Waals surface area contributed by atoms with Gasteiger partial charge in [-0.1, -0.05) is 42.0 Å². The van der Waals surface area contributed by atoms with E-state index in [1.54, 1.807) is 0 Å². The van der Waals surface area contributed by atoms with Gasteiger partial charge in [0.1, 0.15) is 0 Å². The zero-order chi connectivity index (χ0) is 19.2. The minimum Gasteiger partial charge on any atom is -0.343 e. The van der Waals surface area contributed by atoms with Crippen molar-refractivity contribution in [1.82, 2.24) is 4.90 Å². The molecule has 2 amide bonds. The maximum Gasteiger partial charge on any atom is 0.227 e. The second-order valence-electron chi connectivity index (χ2n) is 7.44. The third kappa shape index (κ3) is 5.19. The molecule has 1 aliphatic rings. The third-order valence-electron chi connectivity index (χ3n) is 5.37. The number of rotatable bonds is 5. The highest BCUT2D eigenvalue weighted by Gasteiger charge is 2.27. The second kappa shape index (κ2) is 8.85. The molecule has 1 N–H and O–H groups in total. The SMILES string of the molecule is Cc1ccc(CCC(=O)N2CCC(C(=O)Nc3ccccc3)CC2)c(C)c1. The van der Waals surface area contributed by atoms with Gasteiger partial charge in [-0.15, -0.1) is 0 Å². The van der Waals surface area contributed by atoms with E-state index >= 15 is 0 Å². The summed E-state index contributed by atoms with van der Waals surface area (Å²) in [7, 11) is 0. The van der Waals surface area contributed by atoms with E-state index < -0.39 is 0 Å². The first-order valence-corrected chi connectivity index (χ1v) is 9.73. The molecule has 0 spiro atoms. The number of aryl methyl sites for hydroxylation is 3. The fourth-order valence-electron chi connectivity index (χ4n) is 3.68. The number of likely N-dealkylation sites (tertiary alicyclic amines) is 1. The van der Waals surface area contributed by atoms with Crippen LogP contribution in [0.1, 0.15) is 36.0 Å². The normalized spacial score (nSPS) is 14.8. The molecule has 0 atom stereocenters. The van der Waals surface area contributed by atoms with Crippen molar-refractivity contribution in [1.29, 1.82) is 0 Å². The minimum absolute atomic E-state index is 0.0198.